The van der Waals surface area contributed by atoms with Gasteiger partial charge in [-0.2, -0.15) is 13.2 Å². The maximum Gasteiger partial charge on any atom is 0.417 e. The van der Waals surface area contributed by atoms with E-state index >= 15 is 0 Å². The third-order valence-electron chi connectivity index (χ3n) is 5.75. The molecule has 3 rings (SSSR count). The highest BCUT2D eigenvalue weighted by atomic mass is 19.4. The van der Waals surface area contributed by atoms with Crippen molar-refractivity contribution in [1.82, 2.24) is 15.6 Å². The van der Waals surface area contributed by atoms with Gasteiger partial charge in [0.25, 0.3) is 0 Å². The topological polar surface area (TPSA) is 74.3 Å². The second-order valence-corrected chi connectivity index (χ2v) is 7.90. The van der Waals surface area contributed by atoms with Crippen LogP contribution < -0.4 is 15.5 Å². The van der Waals surface area contributed by atoms with Crippen LogP contribution in [0, 0.1) is 5.92 Å². The molecule has 2 N–H and O–H groups in total. The predicted octanol–water partition coefficient (Wildman–Crippen LogP) is 2.88. The second kappa shape index (κ2) is 9.00. The Morgan fingerprint density at radius 3 is 2.31 bits per heavy atom. The first-order valence-corrected chi connectivity index (χ1v) is 10.1. The molecule has 0 bridgehead atoms. The summed E-state index contributed by atoms with van der Waals surface area (Å²) in [5, 5.41) is 5.85. The van der Waals surface area contributed by atoms with Crippen molar-refractivity contribution in [1.29, 1.82) is 0 Å². The molecule has 1 aliphatic carbocycles. The molecule has 9 heteroatoms. The van der Waals surface area contributed by atoms with Crippen LogP contribution in [0.1, 0.15) is 51.0 Å². The smallest absolute Gasteiger partial charge is 0.356 e. The molecule has 1 aromatic heterocycles. The molecule has 2 fully saturated rings. The lowest BCUT2D eigenvalue weighted by atomic mass is 9.96. The van der Waals surface area contributed by atoms with E-state index in [-0.39, 0.29) is 23.8 Å². The van der Waals surface area contributed by atoms with Crippen LogP contribution >= 0.6 is 0 Å². The second-order valence-electron chi connectivity index (χ2n) is 7.90. The van der Waals surface area contributed by atoms with Crippen LogP contribution in [-0.2, 0) is 15.8 Å². The van der Waals surface area contributed by atoms with Crippen LogP contribution in [-0.4, -0.2) is 42.0 Å². The lowest BCUT2D eigenvalue weighted by Gasteiger charge is -2.34. The number of carbonyl (C=O) groups is 2. The highest BCUT2D eigenvalue weighted by Crippen LogP contribution is 2.30. The summed E-state index contributed by atoms with van der Waals surface area (Å²) in [4.78, 5) is 30.1. The molecule has 1 saturated carbocycles. The van der Waals surface area contributed by atoms with Gasteiger partial charge in [0.15, 0.2) is 0 Å². The first-order valence-electron chi connectivity index (χ1n) is 10.1. The summed E-state index contributed by atoms with van der Waals surface area (Å²) in [7, 11) is 0. The van der Waals surface area contributed by atoms with E-state index in [1.54, 1.807) is 0 Å². The summed E-state index contributed by atoms with van der Waals surface area (Å²) in [5.41, 5.74) is -0.765. The number of carbonyl (C=O) groups excluding carboxylic acids is 2. The van der Waals surface area contributed by atoms with Crippen LogP contribution in [0.2, 0.25) is 0 Å². The van der Waals surface area contributed by atoms with Crippen molar-refractivity contribution in [3.63, 3.8) is 0 Å². The largest absolute Gasteiger partial charge is 0.417 e. The van der Waals surface area contributed by atoms with Gasteiger partial charge in [0.2, 0.25) is 11.8 Å². The molecule has 0 radical (unpaired) electrons. The zero-order valence-corrected chi connectivity index (χ0v) is 16.5. The van der Waals surface area contributed by atoms with Crippen LogP contribution in [0.3, 0.4) is 0 Å². The van der Waals surface area contributed by atoms with Crippen LogP contribution in [0.15, 0.2) is 18.3 Å². The standard InChI is InChI=1S/C20H27F3N4O2/c1-13(28)25-18(14-4-2-3-5-14)19(29)26-16-8-10-27(11-9-16)17-7-6-15(12-24-17)20(21,22)23/h6-7,12,14,16,18H,2-5,8-11H2,1H3,(H,25,28)(H,26,29). The average molecular weight is 412 g/mol. The molecule has 1 aromatic rings. The lowest BCUT2D eigenvalue weighted by Crippen LogP contribution is -2.54. The molecule has 1 aliphatic heterocycles. The quantitative estimate of drug-likeness (QED) is 0.780. The lowest BCUT2D eigenvalue weighted by molar-refractivity contribution is -0.137. The van der Waals surface area contributed by atoms with E-state index in [0.29, 0.717) is 31.7 Å². The van der Waals surface area contributed by atoms with Gasteiger partial charge in [-0.3, -0.25) is 9.59 Å². The number of nitrogens with zero attached hydrogens (tertiary/aromatic N) is 2. The first kappa shape index (κ1) is 21.4. The predicted molar refractivity (Wildman–Crippen MR) is 102 cm³/mol. The van der Waals surface area contributed by atoms with E-state index in [1.165, 1.54) is 13.0 Å². The molecule has 2 heterocycles. The minimum atomic E-state index is -4.40. The van der Waals surface area contributed by atoms with Crippen LogP contribution in [0.25, 0.3) is 0 Å². The number of nitrogens with one attached hydrogen (secondary N) is 2. The van der Waals surface area contributed by atoms with Crippen LogP contribution in [0.4, 0.5) is 19.0 Å². The number of hydrogen-bond donors (Lipinski definition) is 2. The molecule has 2 aliphatic rings. The molecule has 1 atom stereocenters. The molecular weight excluding hydrogens is 385 g/mol. The average Bonchev–Trinajstić information content (AvgIpc) is 3.20. The summed E-state index contributed by atoms with van der Waals surface area (Å²) in [6.07, 6.45) is 1.83. The van der Waals surface area contributed by atoms with E-state index in [1.807, 2.05) is 4.90 Å². The summed E-state index contributed by atoms with van der Waals surface area (Å²) in [5.74, 6) is 0.332. The number of pyridine rings is 1. The van der Waals surface area contributed by atoms with E-state index < -0.39 is 17.8 Å². The Bertz CT molecular complexity index is 709. The molecule has 29 heavy (non-hydrogen) atoms. The number of piperidine rings is 1. The van der Waals surface area contributed by atoms with E-state index in [0.717, 1.165) is 37.9 Å². The number of hydrogen-bond acceptors (Lipinski definition) is 4. The van der Waals surface area contributed by atoms with Gasteiger partial charge in [0.1, 0.15) is 11.9 Å². The fourth-order valence-corrected chi connectivity index (χ4v) is 4.19. The summed E-state index contributed by atoms with van der Waals surface area (Å²) >= 11 is 0. The van der Waals surface area contributed by atoms with E-state index in [4.69, 9.17) is 0 Å². The van der Waals surface area contributed by atoms with Gasteiger partial charge < -0.3 is 15.5 Å². The van der Waals surface area contributed by atoms with Crippen molar-refractivity contribution >= 4 is 17.6 Å². The molecular formula is C20H27F3N4O2. The fraction of sp³-hybridized carbons (Fsp3) is 0.650. The van der Waals surface area contributed by atoms with E-state index in [9.17, 15) is 22.8 Å². The highest BCUT2D eigenvalue weighted by Gasteiger charge is 2.33. The SMILES string of the molecule is CC(=O)NC(C(=O)NC1CCN(c2ccc(C(F)(F)F)cn2)CC1)C1CCCC1. The van der Waals surface area contributed by atoms with Gasteiger partial charge in [0, 0.05) is 32.3 Å². The van der Waals surface area contributed by atoms with Crippen molar-refractivity contribution in [2.75, 3.05) is 18.0 Å². The minimum absolute atomic E-state index is 0.0224. The Balaban J connectivity index is 1.53. The van der Waals surface area contributed by atoms with E-state index in [2.05, 4.69) is 15.6 Å². The minimum Gasteiger partial charge on any atom is -0.356 e. The molecule has 1 saturated heterocycles. The van der Waals surface area contributed by atoms with Gasteiger partial charge in [-0.1, -0.05) is 12.8 Å². The number of alkyl halides is 3. The zero-order chi connectivity index (χ0) is 21.0. The summed E-state index contributed by atoms with van der Waals surface area (Å²) < 4.78 is 38.0. The van der Waals surface area contributed by atoms with Gasteiger partial charge in [0.05, 0.1) is 5.56 Å². The molecule has 1 unspecified atom stereocenters. The zero-order valence-electron chi connectivity index (χ0n) is 16.5. The molecule has 0 spiro atoms. The highest BCUT2D eigenvalue weighted by molar-refractivity contribution is 5.87. The number of rotatable bonds is 5. The third-order valence-corrected chi connectivity index (χ3v) is 5.75. The summed E-state index contributed by atoms with van der Waals surface area (Å²) in [6, 6.07) is 1.90. The summed E-state index contributed by atoms with van der Waals surface area (Å²) in [6.45, 7) is 2.61. The number of aromatic nitrogens is 1. The number of halogens is 3. The Kier molecular flexibility index (Phi) is 6.64. The molecule has 160 valence electrons. The maximum atomic E-state index is 12.8. The third kappa shape index (κ3) is 5.61. The molecule has 6 nitrogen and oxygen atoms in total. The van der Waals surface area contributed by atoms with Crippen molar-refractivity contribution in [3.8, 4) is 0 Å². The first-order chi connectivity index (χ1) is 13.7. The van der Waals surface area contributed by atoms with Gasteiger partial charge in [-0.25, -0.2) is 4.98 Å². The van der Waals surface area contributed by atoms with Crippen molar-refractivity contribution in [2.24, 2.45) is 5.92 Å². The van der Waals surface area contributed by atoms with Crippen molar-refractivity contribution in [3.05, 3.63) is 23.9 Å². The molecule has 0 aromatic carbocycles. The van der Waals surface area contributed by atoms with Gasteiger partial charge in [-0.05, 0) is 43.7 Å². The maximum absolute atomic E-state index is 12.8. The Morgan fingerprint density at radius 2 is 1.79 bits per heavy atom. The van der Waals surface area contributed by atoms with Crippen LogP contribution in [0.5, 0.6) is 0 Å². The molecule has 2 amide bonds. The Hall–Kier alpha value is -2.32. The van der Waals surface area contributed by atoms with Crippen molar-refractivity contribution < 1.29 is 22.8 Å². The normalized spacial score (nSPS) is 19.8. The Labute approximate surface area is 168 Å². The number of anilines is 1. The van der Waals surface area contributed by atoms with Gasteiger partial charge >= 0.3 is 6.18 Å². The fourth-order valence-electron chi connectivity index (χ4n) is 4.19. The monoisotopic (exact) mass is 412 g/mol. The Morgan fingerprint density at radius 1 is 1.14 bits per heavy atom. The van der Waals surface area contributed by atoms with Gasteiger partial charge in [-0.15, -0.1) is 0 Å². The number of amides is 2. The van der Waals surface area contributed by atoms with Crippen molar-refractivity contribution in [2.45, 2.75) is 63.7 Å².